The van der Waals surface area contributed by atoms with Crippen molar-refractivity contribution in [2.45, 2.75) is 19.9 Å². The van der Waals surface area contributed by atoms with Crippen molar-refractivity contribution in [1.82, 2.24) is 10.4 Å². The van der Waals surface area contributed by atoms with Gasteiger partial charge in [-0.2, -0.15) is 0 Å². The van der Waals surface area contributed by atoms with E-state index in [1.54, 1.807) is 5.01 Å². The standard InChI is InChI=1S/C11H17N3O/c1-9(2)14(3)13-11(15)12-10-7-5-4-6-8-10/h4-9H,1-3H3,(H2,12,13,15). The zero-order valence-electron chi connectivity index (χ0n) is 9.32. The van der Waals surface area contributed by atoms with Crippen molar-refractivity contribution in [3.05, 3.63) is 30.3 Å². The summed E-state index contributed by atoms with van der Waals surface area (Å²) in [6.07, 6.45) is 0. The number of amides is 2. The van der Waals surface area contributed by atoms with Crippen LogP contribution in [0.2, 0.25) is 0 Å². The van der Waals surface area contributed by atoms with E-state index in [9.17, 15) is 4.79 Å². The van der Waals surface area contributed by atoms with Gasteiger partial charge in [-0.15, -0.1) is 0 Å². The SMILES string of the molecule is CC(C)N(C)NC(=O)Nc1ccccc1. The Labute approximate surface area is 90.2 Å². The van der Waals surface area contributed by atoms with Crippen molar-refractivity contribution < 1.29 is 4.79 Å². The van der Waals surface area contributed by atoms with Crippen LogP contribution in [0, 0.1) is 0 Å². The molecule has 0 aromatic heterocycles. The molecule has 0 fully saturated rings. The third-order valence-electron chi connectivity index (χ3n) is 2.08. The van der Waals surface area contributed by atoms with Gasteiger partial charge < -0.3 is 5.32 Å². The van der Waals surface area contributed by atoms with Crippen molar-refractivity contribution in [1.29, 1.82) is 0 Å². The van der Waals surface area contributed by atoms with E-state index < -0.39 is 0 Å². The molecule has 1 aromatic rings. The monoisotopic (exact) mass is 207 g/mol. The smallest absolute Gasteiger partial charge is 0.307 e. The van der Waals surface area contributed by atoms with Crippen LogP contribution in [0.25, 0.3) is 0 Å². The summed E-state index contributed by atoms with van der Waals surface area (Å²) in [4.78, 5) is 11.5. The number of carbonyl (C=O) groups is 1. The number of para-hydroxylation sites is 1. The van der Waals surface area contributed by atoms with Gasteiger partial charge in [-0.05, 0) is 26.0 Å². The van der Waals surface area contributed by atoms with Crippen LogP contribution in [0.4, 0.5) is 10.5 Å². The molecule has 0 saturated heterocycles. The van der Waals surface area contributed by atoms with Gasteiger partial charge in [-0.1, -0.05) is 18.2 Å². The van der Waals surface area contributed by atoms with Gasteiger partial charge in [0.2, 0.25) is 0 Å². The summed E-state index contributed by atoms with van der Waals surface area (Å²) in [5, 5.41) is 4.48. The first-order valence-corrected chi connectivity index (χ1v) is 4.95. The van der Waals surface area contributed by atoms with Crippen LogP contribution < -0.4 is 10.7 Å². The molecule has 0 aliphatic rings. The lowest BCUT2D eigenvalue weighted by molar-refractivity contribution is 0.185. The van der Waals surface area contributed by atoms with Crippen molar-refractivity contribution in [3.63, 3.8) is 0 Å². The lowest BCUT2D eigenvalue weighted by Crippen LogP contribution is -2.45. The fraction of sp³-hybridized carbons (Fsp3) is 0.364. The van der Waals surface area contributed by atoms with Crippen molar-refractivity contribution in [3.8, 4) is 0 Å². The summed E-state index contributed by atoms with van der Waals surface area (Å²) in [6, 6.07) is 9.39. The van der Waals surface area contributed by atoms with Crippen LogP contribution in [0.3, 0.4) is 0 Å². The molecule has 0 radical (unpaired) electrons. The zero-order chi connectivity index (χ0) is 11.3. The van der Waals surface area contributed by atoms with Gasteiger partial charge in [0.15, 0.2) is 0 Å². The van der Waals surface area contributed by atoms with E-state index in [1.165, 1.54) is 0 Å². The second-order valence-corrected chi connectivity index (χ2v) is 3.64. The predicted molar refractivity (Wildman–Crippen MR) is 61.5 cm³/mol. The molecule has 4 nitrogen and oxygen atoms in total. The summed E-state index contributed by atoms with van der Waals surface area (Å²) < 4.78 is 0. The Morgan fingerprint density at radius 2 is 1.87 bits per heavy atom. The molecule has 1 rings (SSSR count). The average molecular weight is 207 g/mol. The molecule has 0 aliphatic heterocycles. The highest BCUT2D eigenvalue weighted by atomic mass is 16.2. The normalized spacial score (nSPS) is 10.5. The zero-order valence-corrected chi connectivity index (χ0v) is 9.32. The molecule has 0 aliphatic carbocycles. The number of carbonyl (C=O) groups excluding carboxylic acids is 1. The van der Waals surface area contributed by atoms with Gasteiger partial charge in [0, 0.05) is 18.8 Å². The maximum absolute atomic E-state index is 11.5. The Morgan fingerprint density at radius 1 is 1.27 bits per heavy atom. The highest BCUT2D eigenvalue weighted by Gasteiger charge is 2.06. The van der Waals surface area contributed by atoms with Crippen molar-refractivity contribution >= 4 is 11.7 Å². The minimum atomic E-state index is -0.225. The van der Waals surface area contributed by atoms with Gasteiger partial charge in [-0.3, -0.25) is 5.43 Å². The molecule has 82 valence electrons. The topological polar surface area (TPSA) is 44.4 Å². The molecule has 15 heavy (non-hydrogen) atoms. The molecule has 0 spiro atoms. The number of hydrazine groups is 1. The summed E-state index contributed by atoms with van der Waals surface area (Å²) in [5.41, 5.74) is 3.50. The molecular weight excluding hydrogens is 190 g/mol. The fourth-order valence-electron chi connectivity index (χ4n) is 0.970. The van der Waals surface area contributed by atoms with Crippen LogP contribution in [-0.2, 0) is 0 Å². The molecular formula is C11H17N3O. The van der Waals surface area contributed by atoms with Gasteiger partial charge in [0.25, 0.3) is 0 Å². The number of nitrogens with zero attached hydrogens (tertiary/aromatic N) is 1. The maximum Gasteiger partial charge on any atom is 0.333 e. The average Bonchev–Trinajstić information content (AvgIpc) is 2.18. The Morgan fingerprint density at radius 3 is 2.40 bits per heavy atom. The van der Waals surface area contributed by atoms with Crippen LogP contribution in [0.15, 0.2) is 30.3 Å². The van der Waals surface area contributed by atoms with E-state index in [4.69, 9.17) is 0 Å². The Bertz CT molecular complexity index is 311. The number of urea groups is 1. The van der Waals surface area contributed by atoms with E-state index in [2.05, 4.69) is 10.7 Å². The van der Waals surface area contributed by atoms with Gasteiger partial charge in [0.1, 0.15) is 0 Å². The molecule has 2 amide bonds. The van der Waals surface area contributed by atoms with Gasteiger partial charge in [0.05, 0.1) is 0 Å². The number of rotatable bonds is 3. The molecule has 0 heterocycles. The number of anilines is 1. The van der Waals surface area contributed by atoms with Crippen molar-refractivity contribution in [2.24, 2.45) is 0 Å². The summed E-state index contributed by atoms with van der Waals surface area (Å²) in [5.74, 6) is 0. The Hall–Kier alpha value is -1.55. The first-order valence-electron chi connectivity index (χ1n) is 4.95. The third-order valence-corrected chi connectivity index (χ3v) is 2.08. The van der Waals surface area contributed by atoms with E-state index in [-0.39, 0.29) is 12.1 Å². The quantitative estimate of drug-likeness (QED) is 0.745. The summed E-state index contributed by atoms with van der Waals surface area (Å²) in [7, 11) is 1.83. The van der Waals surface area contributed by atoms with Gasteiger partial charge in [-0.25, -0.2) is 9.80 Å². The van der Waals surface area contributed by atoms with E-state index in [1.807, 2.05) is 51.2 Å². The minimum absolute atomic E-state index is 0.225. The lowest BCUT2D eigenvalue weighted by atomic mass is 10.3. The number of hydrogen-bond acceptors (Lipinski definition) is 2. The highest BCUT2D eigenvalue weighted by molar-refractivity contribution is 5.88. The largest absolute Gasteiger partial charge is 0.333 e. The molecule has 0 unspecified atom stereocenters. The maximum atomic E-state index is 11.5. The molecule has 4 heteroatoms. The lowest BCUT2D eigenvalue weighted by Gasteiger charge is -2.21. The Balaban J connectivity index is 2.43. The van der Waals surface area contributed by atoms with E-state index in [0.717, 1.165) is 5.69 Å². The molecule has 1 aromatic carbocycles. The van der Waals surface area contributed by atoms with Gasteiger partial charge >= 0.3 is 6.03 Å². The second kappa shape index (κ2) is 5.36. The van der Waals surface area contributed by atoms with E-state index >= 15 is 0 Å². The predicted octanol–water partition coefficient (Wildman–Crippen LogP) is 2.06. The van der Waals surface area contributed by atoms with Crippen LogP contribution in [0.1, 0.15) is 13.8 Å². The first-order chi connectivity index (χ1) is 7.09. The minimum Gasteiger partial charge on any atom is -0.307 e. The number of hydrogen-bond donors (Lipinski definition) is 2. The molecule has 2 N–H and O–H groups in total. The van der Waals surface area contributed by atoms with E-state index in [0.29, 0.717) is 0 Å². The van der Waals surface area contributed by atoms with Crippen LogP contribution in [-0.4, -0.2) is 24.1 Å². The fourth-order valence-corrected chi connectivity index (χ4v) is 0.970. The van der Waals surface area contributed by atoms with Crippen LogP contribution >= 0.6 is 0 Å². The highest BCUT2D eigenvalue weighted by Crippen LogP contribution is 2.04. The second-order valence-electron chi connectivity index (χ2n) is 3.64. The number of nitrogens with one attached hydrogen (secondary N) is 2. The first kappa shape index (κ1) is 11.5. The van der Waals surface area contributed by atoms with Crippen molar-refractivity contribution in [2.75, 3.05) is 12.4 Å². The third kappa shape index (κ3) is 3.99. The molecule has 0 atom stereocenters. The summed E-state index contributed by atoms with van der Waals surface area (Å²) in [6.45, 7) is 4.01. The number of benzene rings is 1. The molecule has 0 saturated carbocycles. The Kier molecular flexibility index (Phi) is 4.12. The molecule has 0 bridgehead atoms. The summed E-state index contributed by atoms with van der Waals surface area (Å²) >= 11 is 0. The van der Waals surface area contributed by atoms with Crippen LogP contribution in [0.5, 0.6) is 0 Å².